The molecule has 2 heterocycles. The van der Waals surface area contributed by atoms with Crippen LogP contribution in [0, 0.1) is 13.8 Å². The van der Waals surface area contributed by atoms with Gasteiger partial charge in [-0.05, 0) is 51.1 Å². The summed E-state index contributed by atoms with van der Waals surface area (Å²) < 4.78 is 6.90. The molecule has 0 aliphatic carbocycles. The summed E-state index contributed by atoms with van der Waals surface area (Å²) in [6, 6.07) is 8.72. The molecular weight excluding hydrogens is 344 g/mol. The zero-order valence-electron chi connectivity index (χ0n) is 16.3. The SMILES string of the molecule is COc1ccc(C(=O)N2CCN(C(=O)[C@@H](C)n3nc(C)cc3C)CC2)cc1. The summed E-state index contributed by atoms with van der Waals surface area (Å²) in [5.41, 5.74) is 2.51. The smallest absolute Gasteiger partial charge is 0.253 e. The maximum absolute atomic E-state index is 12.8. The molecule has 2 amide bonds. The number of hydrogen-bond acceptors (Lipinski definition) is 4. The van der Waals surface area contributed by atoms with Crippen molar-refractivity contribution in [2.75, 3.05) is 33.3 Å². The summed E-state index contributed by atoms with van der Waals surface area (Å²) in [7, 11) is 1.60. The van der Waals surface area contributed by atoms with Gasteiger partial charge in [0.1, 0.15) is 11.8 Å². The minimum Gasteiger partial charge on any atom is -0.497 e. The molecule has 1 saturated heterocycles. The Morgan fingerprint density at radius 2 is 1.63 bits per heavy atom. The minimum atomic E-state index is -0.345. The van der Waals surface area contributed by atoms with Crippen molar-refractivity contribution in [1.82, 2.24) is 19.6 Å². The normalized spacial score (nSPS) is 15.6. The first-order valence-corrected chi connectivity index (χ1v) is 9.15. The molecule has 0 spiro atoms. The van der Waals surface area contributed by atoms with Crippen molar-refractivity contribution < 1.29 is 14.3 Å². The first kappa shape index (κ1) is 18.9. The number of hydrogen-bond donors (Lipinski definition) is 0. The Labute approximate surface area is 159 Å². The van der Waals surface area contributed by atoms with E-state index in [2.05, 4.69) is 5.10 Å². The fourth-order valence-electron chi connectivity index (χ4n) is 3.45. The standard InChI is InChI=1S/C20H26N4O3/c1-14-13-15(2)24(21-14)16(3)19(25)22-9-11-23(12-10-22)20(26)17-5-7-18(27-4)8-6-17/h5-8,13,16H,9-12H2,1-4H3/t16-/m1/s1. The number of amides is 2. The number of benzene rings is 1. The monoisotopic (exact) mass is 370 g/mol. The number of carbonyl (C=O) groups excluding carboxylic acids is 2. The van der Waals surface area contributed by atoms with Crippen LogP contribution in [-0.4, -0.2) is 64.7 Å². The largest absolute Gasteiger partial charge is 0.497 e. The van der Waals surface area contributed by atoms with Crippen molar-refractivity contribution in [1.29, 1.82) is 0 Å². The van der Waals surface area contributed by atoms with Crippen molar-refractivity contribution >= 4 is 11.8 Å². The predicted octanol–water partition coefficient (Wildman–Crippen LogP) is 2.05. The molecular formula is C20H26N4O3. The summed E-state index contributed by atoms with van der Waals surface area (Å²) in [6.07, 6.45) is 0. The molecule has 1 atom stereocenters. The zero-order valence-corrected chi connectivity index (χ0v) is 16.3. The molecule has 3 rings (SSSR count). The molecule has 1 aliphatic heterocycles. The molecule has 144 valence electrons. The first-order chi connectivity index (χ1) is 12.9. The average Bonchev–Trinajstić information content (AvgIpc) is 3.04. The highest BCUT2D eigenvalue weighted by Gasteiger charge is 2.29. The third-order valence-electron chi connectivity index (χ3n) is 4.98. The highest BCUT2D eigenvalue weighted by atomic mass is 16.5. The van der Waals surface area contributed by atoms with Crippen LogP contribution in [0.2, 0.25) is 0 Å². The van der Waals surface area contributed by atoms with Gasteiger partial charge in [0.25, 0.3) is 5.91 Å². The second-order valence-corrected chi connectivity index (χ2v) is 6.89. The number of carbonyl (C=O) groups is 2. The Balaban J connectivity index is 1.60. The van der Waals surface area contributed by atoms with Gasteiger partial charge >= 0.3 is 0 Å². The van der Waals surface area contributed by atoms with Gasteiger partial charge in [-0.2, -0.15) is 5.10 Å². The Kier molecular flexibility index (Phi) is 5.48. The Hall–Kier alpha value is -2.83. The van der Waals surface area contributed by atoms with Gasteiger partial charge in [-0.25, -0.2) is 0 Å². The topological polar surface area (TPSA) is 67.7 Å². The van der Waals surface area contributed by atoms with Gasteiger partial charge in [-0.1, -0.05) is 0 Å². The minimum absolute atomic E-state index is 0.0173. The van der Waals surface area contributed by atoms with Gasteiger partial charge in [-0.15, -0.1) is 0 Å². The average molecular weight is 370 g/mol. The second kappa shape index (κ2) is 7.82. The number of rotatable bonds is 4. The van der Waals surface area contributed by atoms with E-state index in [1.54, 1.807) is 41.0 Å². The number of aryl methyl sites for hydroxylation is 2. The molecule has 2 aromatic rings. The molecule has 0 bridgehead atoms. The molecule has 0 radical (unpaired) electrons. The third kappa shape index (κ3) is 3.97. The van der Waals surface area contributed by atoms with Crippen LogP contribution in [0.25, 0.3) is 0 Å². The Bertz CT molecular complexity index is 820. The van der Waals surface area contributed by atoms with Gasteiger partial charge in [0.15, 0.2) is 0 Å². The second-order valence-electron chi connectivity index (χ2n) is 6.89. The maximum Gasteiger partial charge on any atom is 0.253 e. The van der Waals surface area contributed by atoms with Crippen molar-refractivity contribution in [3.8, 4) is 5.75 Å². The van der Waals surface area contributed by atoms with Crippen molar-refractivity contribution in [3.05, 3.63) is 47.3 Å². The predicted molar refractivity (Wildman–Crippen MR) is 102 cm³/mol. The quantitative estimate of drug-likeness (QED) is 0.826. The van der Waals surface area contributed by atoms with Gasteiger partial charge in [0, 0.05) is 37.4 Å². The van der Waals surface area contributed by atoms with E-state index < -0.39 is 0 Å². The molecule has 0 unspecified atom stereocenters. The molecule has 1 aromatic heterocycles. The van der Waals surface area contributed by atoms with E-state index in [9.17, 15) is 9.59 Å². The van der Waals surface area contributed by atoms with E-state index in [1.165, 1.54) is 0 Å². The van der Waals surface area contributed by atoms with Crippen LogP contribution in [0.3, 0.4) is 0 Å². The molecule has 1 aliphatic rings. The lowest BCUT2D eigenvalue weighted by Crippen LogP contribution is -2.52. The molecule has 1 fully saturated rings. The lowest BCUT2D eigenvalue weighted by atomic mass is 10.1. The summed E-state index contributed by atoms with van der Waals surface area (Å²) in [6.45, 7) is 7.87. The van der Waals surface area contributed by atoms with Gasteiger partial charge in [0.05, 0.1) is 12.8 Å². The molecule has 27 heavy (non-hydrogen) atoms. The van der Waals surface area contributed by atoms with E-state index in [0.29, 0.717) is 31.7 Å². The summed E-state index contributed by atoms with van der Waals surface area (Å²) >= 11 is 0. The van der Waals surface area contributed by atoms with Gasteiger partial charge in [0.2, 0.25) is 5.91 Å². The van der Waals surface area contributed by atoms with Crippen LogP contribution < -0.4 is 4.74 Å². The molecule has 7 nitrogen and oxygen atoms in total. The number of ether oxygens (including phenoxy) is 1. The third-order valence-corrected chi connectivity index (χ3v) is 4.98. The Morgan fingerprint density at radius 3 is 2.15 bits per heavy atom. The fourth-order valence-corrected chi connectivity index (χ4v) is 3.45. The lowest BCUT2D eigenvalue weighted by molar-refractivity contribution is -0.136. The number of methoxy groups -OCH3 is 1. The van der Waals surface area contributed by atoms with E-state index in [0.717, 1.165) is 17.1 Å². The van der Waals surface area contributed by atoms with E-state index in [4.69, 9.17) is 4.74 Å². The molecule has 7 heteroatoms. The zero-order chi connectivity index (χ0) is 19.6. The Morgan fingerprint density at radius 1 is 1.04 bits per heavy atom. The number of aromatic nitrogens is 2. The highest BCUT2D eigenvalue weighted by molar-refractivity contribution is 5.94. The van der Waals surface area contributed by atoms with Gasteiger partial charge < -0.3 is 14.5 Å². The van der Waals surface area contributed by atoms with Crippen molar-refractivity contribution in [2.24, 2.45) is 0 Å². The van der Waals surface area contributed by atoms with E-state index >= 15 is 0 Å². The van der Waals surface area contributed by atoms with Crippen LogP contribution >= 0.6 is 0 Å². The summed E-state index contributed by atoms with van der Waals surface area (Å²) in [4.78, 5) is 29.1. The van der Waals surface area contributed by atoms with Crippen LogP contribution in [0.15, 0.2) is 30.3 Å². The summed E-state index contributed by atoms with van der Waals surface area (Å²) in [5.74, 6) is 0.745. The van der Waals surface area contributed by atoms with Crippen LogP contribution in [-0.2, 0) is 4.79 Å². The fraction of sp³-hybridized carbons (Fsp3) is 0.450. The summed E-state index contributed by atoms with van der Waals surface area (Å²) in [5, 5.41) is 4.42. The number of nitrogens with zero attached hydrogens (tertiary/aromatic N) is 4. The molecule has 0 N–H and O–H groups in total. The van der Waals surface area contributed by atoms with Crippen LogP contribution in [0.5, 0.6) is 5.75 Å². The van der Waals surface area contributed by atoms with Crippen LogP contribution in [0.1, 0.15) is 34.7 Å². The van der Waals surface area contributed by atoms with Crippen LogP contribution in [0.4, 0.5) is 0 Å². The molecule has 1 aromatic carbocycles. The van der Waals surface area contributed by atoms with E-state index in [1.807, 2.05) is 31.7 Å². The highest BCUT2D eigenvalue weighted by Crippen LogP contribution is 2.17. The van der Waals surface area contributed by atoms with Gasteiger partial charge in [-0.3, -0.25) is 14.3 Å². The first-order valence-electron chi connectivity index (χ1n) is 9.15. The van der Waals surface area contributed by atoms with E-state index in [-0.39, 0.29) is 17.9 Å². The molecule has 0 saturated carbocycles. The lowest BCUT2D eigenvalue weighted by Gasteiger charge is -2.36. The maximum atomic E-state index is 12.8. The van der Waals surface area contributed by atoms with Crippen molar-refractivity contribution in [2.45, 2.75) is 26.8 Å². The number of piperazine rings is 1. The van der Waals surface area contributed by atoms with Crippen molar-refractivity contribution in [3.63, 3.8) is 0 Å².